The van der Waals surface area contributed by atoms with Crippen molar-refractivity contribution in [3.8, 4) is 0 Å². The van der Waals surface area contributed by atoms with Gasteiger partial charge < -0.3 is 10.4 Å². The Morgan fingerprint density at radius 3 is 2.61 bits per heavy atom. The molecule has 0 aromatic heterocycles. The lowest BCUT2D eigenvalue weighted by Gasteiger charge is -2.36. The van der Waals surface area contributed by atoms with Gasteiger partial charge in [0.25, 0.3) is 0 Å². The van der Waals surface area contributed by atoms with Crippen molar-refractivity contribution < 1.29 is 9.50 Å². The molecule has 1 saturated carbocycles. The topological polar surface area (TPSA) is 32.3 Å². The molecular formula is C15H22FNO. The maximum atomic E-state index is 12.8. The number of aliphatic hydroxyl groups excluding tert-OH is 1. The van der Waals surface area contributed by atoms with Crippen LogP contribution in [0.2, 0.25) is 0 Å². The molecule has 0 heterocycles. The first kappa shape index (κ1) is 13.5. The molecule has 3 heteroatoms. The summed E-state index contributed by atoms with van der Waals surface area (Å²) in [5.74, 6) is 0.403. The minimum absolute atomic E-state index is 0.165. The zero-order valence-corrected chi connectivity index (χ0v) is 10.9. The molecular weight excluding hydrogens is 229 g/mol. The molecule has 100 valence electrons. The maximum Gasteiger partial charge on any atom is 0.123 e. The van der Waals surface area contributed by atoms with Gasteiger partial charge in [-0.1, -0.05) is 19.1 Å². The Morgan fingerprint density at radius 1 is 1.33 bits per heavy atom. The fourth-order valence-electron chi connectivity index (χ4n) is 2.45. The molecule has 0 bridgehead atoms. The van der Waals surface area contributed by atoms with Crippen molar-refractivity contribution >= 4 is 0 Å². The molecule has 0 radical (unpaired) electrons. The van der Waals surface area contributed by atoms with Crippen LogP contribution in [-0.4, -0.2) is 23.8 Å². The van der Waals surface area contributed by atoms with Crippen molar-refractivity contribution in [3.63, 3.8) is 0 Å². The molecule has 0 saturated heterocycles. The average molecular weight is 251 g/mol. The van der Waals surface area contributed by atoms with Gasteiger partial charge in [-0.15, -0.1) is 0 Å². The first-order valence-electron chi connectivity index (χ1n) is 6.86. The van der Waals surface area contributed by atoms with Gasteiger partial charge in [0.2, 0.25) is 0 Å². The quantitative estimate of drug-likeness (QED) is 0.815. The molecule has 18 heavy (non-hydrogen) atoms. The lowest BCUT2D eigenvalue weighted by molar-refractivity contribution is 0.155. The number of halogens is 1. The van der Waals surface area contributed by atoms with Crippen LogP contribution in [0.15, 0.2) is 24.3 Å². The normalized spacial score (nSPS) is 24.6. The number of nitrogens with one attached hydrogen (secondary N) is 1. The summed E-state index contributed by atoms with van der Waals surface area (Å²) in [6.45, 7) is 2.88. The second-order valence-electron chi connectivity index (χ2n) is 5.22. The summed E-state index contributed by atoms with van der Waals surface area (Å²) in [7, 11) is 0. The second kappa shape index (κ2) is 6.30. The van der Waals surface area contributed by atoms with Crippen molar-refractivity contribution in [3.05, 3.63) is 35.6 Å². The number of hydrogen-bond donors (Lipinski definition) is 2. The summed E-state index contributed by atoms with van der Waals surface area (Å²) >= 11 is 0. The largest absolute Gasteiger partial charge is 0.393 e. The highest BCUT2D eigenvalue weighted by molar-refractivity contribution is 5.23. The van der Waals surface area contributed by atoms with Crippen LogP contribution in [0.4, 0.5) is 4.39 Å². The first-order chi connectivity index (χ1) is 8.69. The second-order valence-corrected chi connectivity index (χ2v) is 5.22. The number of hydrogen-bond acceptors (Lipinski definition) is 2. The summed E-state index contributed by atoms with van der Waals surface area (Å²) < 4.78 is 12.8. The van der Waals surface area contributed by atoms with Gasteiger partial charge in [-0.2, -0.15) is 0 Å². The van der Waals surface area contributed by atoms with E-state index in [0.29, 0.717) is 12.0 Å². The van der Waals surface area contributed by atoms with Crippen LogP contribution in [0.5, 0.6) is 0 Å². The molecule has 2 rings (SSSR count). The van der Waals surface area contributed by atoms with Crippen molar-refractivity contribution in [2.24, 2.45) is 0 Å². The summed E-state index contributed by atoms with van der Waals surface area (Å²) in [5, 5.41) is 12.9. The zero-order chi connectivity index (χ0) is 13.0. The van der Waals surface area contributed by atoms with Crippen LogP contribution < -0.4 is 5.32 Å². The van der Waals surface area contributed by atoms with E-state index in [4.69, 9.17) is 0 Å². The fourth-order valence-corrected chi connectivity index (χ4v) is 2.45. The summed E-state index contributed by atoms with van der Waals surface area (Å²) in [4.78, 5) is 0. The van der Waals surface area contributed by atoms with Crippen LogP contribution in [0.3, 0.4) is 0 Å². The Bertz CT molecular complexity index is 359. The Balaban J connectivity index is 1.66. The SMILES string of the molecule is CCC(O)CCNC1CC(c2ccc(F)cc2)C1. The number of rotatable bonds is 6. The lowest BCUT2D eigenvalue weighted by atomic mass is 9.76. The van der Waals surface area contributed by atoms with Gasteiger partial charge in [-0.05, 0) is 55.8 Å². The van der Waals surface area contributed by atoms with Crippen molar-refractivity contribution in [1.29, 1.82) is 0 Å². The fraction of sp³-hybridized carbons (Fsp3) is 0.600. The smallest absolute Gasteiger partial charge is 0.123 e. The van der Waals surface area contributed by atoms with E-state index in [-0.39, 0.29) is 11.9 Å². The molecule has 2 N–H and O–H groups in total. The Morgan fingerprint density at radius 2 is 2.00 bits per heavy atom. The molecule has 0 aliphatic heterocycles. The van der Waals surface area contributed by atoms with E-state index in [2.05, 4.69) is 5.32 Å². The van der Waals surface area contributed by atoms with Gasteiger partial charge >= 0.3 is 0 Å². The lowest BCUT2D eigenvalue weighted by Crippen LogP contribution is -2.41. The van der Waals surface area contributed by atoms with Crippen LogP contribution in [-0.2, 0) is 0 Å². The Labute approximate surface area is 108 Å². The molecule has 2 nitrogen and oxygen atoms in total. The van der Waals surface area contributed by atoms with E-state index >= 15 is 0 Å². The van der Waals surface area contributed by atoms with Crippen molar-refractivity contribution in [2.75, 3.05) is 6.54 Å². The van der Waals surface area contributed by atoms with Gasteiger partial charge in [-0.25, -0.2) is 4.39 Å². The molecule has 1 aromatic rings. The van der Waals surface area contributed by atoms with E-state index < -0.39 is 0 Å². The Hall–Kier alpha value is -0.930. The van der Waals surface area contributed by atoms with Crippen LogP contribution in [0.25, 0.3) is 0 Å². The van der Waals surface area contributed by atoms with Crippen molar-refractivity contribution in [2.45, 2.75) is 50.7 Å². The van der Waals surface area contributed by atoms with E-state index in [1.807, 2.05) is 19.1 Å². The van der Waals surface area contributed by atoms with E-state index in [1.165, 1.54) is 17.7 Å². The molecule has 0 spiro atoms. The molecule has 1 atom stereocenters. The van der Waals surface area contributed by atoms with Crippen molar-refractivity contribution in [1.82, 2.24) is 5.32 Å². The monoisotopic (exact) mass is 251 g/mol. The average Bonchev–Trinajstić information content (AvgIpc) is 2.33. The molecule has 1 aromatic carbocycles. The van der Waals surface area contributed by atoms with E-state index in [1.54, 1.807) is 0 Å². The van der Waals surface area contributed by atoms with Gasteiger partial charge in [0.1, 0.15) is 5.82 Å². The first-order valence-corrected chi connectivity index (χ1v) is 6.86. The van der Waals surface area contributed by atoms with Crippen LogP contribution >= 0.6 is 0 Å². The molecule has 1 unspecified atom stereocenters. The molecule has 1 aliphatic rings. The zero-order valence-electron chi connectivity index (χ0n) is 10.9. The summed E-state index contributed by atoms with van der Waals surface area (Å²) in [5.41, 5.74) is 1.24. The number of aliphatic hydroxyl groups is 1. The summed E-state index contributed by atoms with van der Waals surface area (Å²) in [6.07, 6.45) is 3.71. The van der Waals surface area contributed by atoms with Gasteiger partial charge in [0, 0.05) is 6.04 Å². The highest BCUT2D eigenvalue weighted by atomic mass is 19.1. The van der Waals surface area contributed by atoms with Gasteiger partial charge in [-0.3, -0.25) is 0 Å². The van der Waals surface area contributed by atoms with Gasteiger partial charge in [0.05, 0.1) is 6.10 Å². The molecule has 0 amide bonds. The van der Waals surface area contributed by atoms with Crippen LogP contribution in [0.1, 0.15) is 44.1 Å². The van der Waals surface area contributed by atoms with Gasteiger partial charge in [0.15, 0.2) is 0 Å². The molecule has 1 fully saturated rings. The highest BCUT2D eigenvalue weighted by Gasteiger charge is 2.29. The third-order valence-corrected chi connectivity index (χ3v) is 3.86. The summed E-state index contributed by atoms with van der Waals surface area (Å²) in [6, 6.07) is 7.40. The van der Waals surface area contributed by atoms with Crippen LogP contribution in [0, 0.1) is 5.82 Å². The minimum Gasteiger partial charge on any atom is -0.393 e. The Kier molecular flexibility index (Phi) is 4.72. The highest BCUT2D eigenvalue weighted by Crippen LogP contribution is 2.36. The predicted molar refractivity (Wildman–Crippen MR) is 71.1 cm³/mol. The third-order valence-electron chi connectivity index (χ3n) is 3.86. The maximum absolute atomic E-state index is 12.8. The predicted octanol–water partition coefficient (Wildman–Crippen LogP) is 2.82. The van der Waals surface area contributed by atoms with E-state index in [9.17, 15) is 9.50 Å². The minimum atomic E-state index is -0.175. The molecule has 1 aliphatic carbocycles. The third kappa shape index (κ3) is 3.53. The standard InChI is InChI=1S/C15H22FNO/c1-2-15(18)7-8-17-14-9-12(10-14)11-3-5-13(16)6-4-11/h3-6,12,14-15,17-18H,2,7-10H2,1H3. The van der Waals surface area contributed by atoms with E-state index in [0.717, 1.165) is 32.2 Å². The number of benzene rings is 1.